The maximum Gasteiger partial charge on any atom is 0.486 e. The van der Waals surface area contributed by atoms with Gasteiger partial charge in [0.1, 0.15) is 22.7 Å². The number of benzene rings is 3. The molecule has 32 heavy (non-hydrogen) atoms. The van der Waals surface area contributed by atoms with Crippen molar-refractivity contribution in [2.45, 2.75) is 6.18 Å². The van der Waals surface area contributed by atoms with Gasteiger partial charge in [-0.3, -0.25) is 9.61 Å². The van der Waals surface area contributed by atoms with Gasteiger partial charge in [0.2, 0.25) is 0 Å². The smallest absolute Gasteiger partial charge is 0.486 e. The minimum atomic E-state index is -4.73. The van der Waals surface area contributed by atoms with Crippen LogP contribution in [0, 0.1) is 0 Å². The van der Waals surface area contributed by atoms with Crippen LogP contribution in [0.5, 0.6) is 11.5 Å². The largest absolute Gasteiger partial charge is 0.495 e. The van der Waals surface area contributed by atoms with E-state index in [1.807, 2.05) is 12.1 Å². The van der Waals surface area contributed by atoms with Crippen LogP contribution in [0.2, 0.25) is 5.02 Å². The highest BCUT2D eigenvalue weighted by Crippen LogP contribution is 2.51. The maximum atomic E-state index is 13.3. The van der Waals surface area contributed by atoms with Gasteiger partial charge in [0.25, 0.3) is 0 Å². The van der Waals surface area contributed by atoms with Crippen LogP contribution in [0.4, 0.5) is 18.9 Å². The zero-order valence-electron chi connectivity index (χ0n) is 16.5. The van der Waals surface area contributed by atoms with Crippen LogP contribution >= 0.6 is 19.3 Å². The third-order valence-corrected chi connectivity index (χ3v) is 6.08. The molecule has 1 atom stereocenters. The molecule has 3 aromatic carbocycles. The van der Waals surface area contributed by atoms with E-state index >= 15 is 0 Å². The van der Waals surface area contributed by atoms with E-state index in [1.54, 1.807) is 18.2 Å². The molecule has 0 saturated carbocycles. The van der Waals surface area contributed by atoms with Crippen LogP contribution in [-0.2, 0) is 9.09 Å². The van der Waals surface area contributed by atoms with Crippen LogP contribution < -0.4 is 14.3 Å². The van der Waals surface area contributed by atoms with Crippen LogP contribution in [0.1, 0.15) is 0 Å². The average molecular weight is 486 g/mol. The Kier molecular flexibility index (Phi) is 5.99. The van der Waals surface area contributed by atoms with Gasteiger partial charge in [-0.2, -0.15) is 13.2 Å². The molecule has 11 heteroatoms. The summed E-state index contributed by atoms with van der Waals surface area (Å²) in [5.74, 6) is 0.204. The van der Waals surface area contributed by atoms with Crippen molar-refractivity contribution >= 4 is 47.0 Å². The molecule has 0 radical (unpaired) electrons. The Morgan fingerprint density at radius 3 is 2.44 bits per heavy atom. The Balaban J connectivity index is 1.73. The minimum absolute atomic E-state index is 0.00353. The predicted octanol–water partition coefficient (Wildman–Crippen LogP) is 7.43. The summed E-state index contributed by atoms with van der Waals surface area (Å²) in [6, 6.07) is 15.9. The molecule has 4 rings (SSSR count). The first-order valence-electron chi connectivity index (χ1n) is 9.20. The Labute approximate surface area is 185 Å². The highest BCUT2D eigenvalue weighted by molar-refractivity contribution is 7.55. The fourth-order valence-electron chi connectivity index (χ4n) is 3.03. The zero-order valence-corrected chi connectivity index (χ0v) is 18.1. The monoisotopic (exact) mass is 485 g/mol. The number of hydrogen-bond donors (Lipinski definition) is 1. The van der Waals surface area contributed by atoms with Gasteiger partial charge in [0.15, 0.2) is 6.61 Å². The maximum absolute atomic E-state index is 13.3. The Hall–Kier alpha value is -2.87. The highest BCUT2D eigenvalue weighted by Gasteiger charge is 2.36. The third kappa shape index (κ3) is 4.96. The van der Waals surface area contributed by atoms with Crippen molar-refractivity contribution in [2.24, 2.45) is 0 Å². The number of rotatable bonds is 7. The highest BCUT2D eigenvalue weighted by atomic mass is 35.5. The number of alkyl halides is 3. The molecular weight excluding hydrogens is 470 g/mol. The number of para-hydroxylation sites is 1. The molecule has 0 fully saturated rings. The van der Waals surface area contributed by atoms with E-state index in [9.17, 15) is 17.7 Å². The van der Waals surface area contributed by atoms with Crippen LogP contribution in [-0.4, -0.2) is 19.9 Å². The number of hydrogen-bond acceptors (Lipinski definition) is 5. The zero-order chi connectivity index (χ0) is 22.9. The van der Waals surface area contributed by atoms with Crippen molar-refractivity contribution in [1.82, 2.24) is 0 Å². The van der Waals surface area contributed by atoms with E-state index < -0.39 is 20.5 Å². The summed E-state index contributed by atoms with van der Waals surface area (Å²) in [7, 11) is -3.19. The lowest BCUT2D eigenvalue weighted by Crippen LogP contribution is -2.19. The van der Waals surface area contributed by atoms with Gasteiger partial charge in [-0.05, 0) is 36.4 Å². The number of furan rings is 1. The molecule has 1 aromatic heterocycles. The first kappa shape index (κ1) is 22.3. The molecule has 1 N–H and O–H groups in total. The average Bonchev–Trinajstić information content (AvgIpc) is 3.10. The normalized spacial score (nSPS) is 13.8. The lowest BCUT2D eigenvalue weighted by molar-refractivity contribution is -0.154. The molecule has 0 aliphatic heterocycles. The second kappa shape index (κ2) is 8.58. The molecule has 1 heterocycles. The minimum Gasteiger partial charge on any atom is -0.495 e. The number of halogens is 4. The fraction of sp³-hybridized carbons (Fsp3) is 0.143. The molecule has 0 amide bonds. The van der Waals surface area contributed by atoms with Crippen molar-refractivity contribution in [2.75, 3.05) is 18.8 Å². The SMILES string of the molecule is COc1cc2c(cc1NP(=O)(OCC(F)(F)F)Oc1ccc(Cl)cc1)oc1ccccc12. The summed E-state index contributed by atoms with van der Waals surface area (Å²) in [6.07, 6.45) is -4.73. The molecule has 6 nitrogen and oxygen atoms in total. The summed E-state index contributed by atoms with van der Waals surface area (Å²) < 4.78 is 72.8. The van der Waals surface area contributed by atoms with E-state index in [0.717, 1.165) is 5.39 Å². The van der Waals surface area contributed by atoms with Crippen LogP contribution in [0.3, 0.4) is 0 Å². The molecule has 168 valence electrons. The second-order valence-corrected chi connectivity index (χ2v) is 8.79. The molecule has 0 spiro atoms. The summed E-state index contributed by atoms with van der Waals surface area (Å²) in [6.45, 7) is -1.79. The van der Waals surface area contributed by atoms with Crippen LogP contribution in [0.25, 0.3) is 21.9 Å². The first-order chi connectivity index (χ1) is 15.2. The van der Waals surface area contributed by atoms with Gasteiger partial charge in [-0.1, -0.05) is 29.8 Å². The van der Waals surface area contributed by atoms with E-state index in [1.165, 1.54) is 37.4 Å². The Morgan fingerprint density at radius 2 is 1.75 bits per heavy atom. The Morgan fingerprint density at radius 1 is 1.03 bits per heavy atom. The van der Waals surface area contributed by atoms with E-state index in [4.69, 9.17) is 25.3 Å². The quantitative estimate of drug-likeness (QED) is 0.275. The molecule has 0 aliphatic carbocycles. The number of methoxy groups -OCH3 is 1. The summed E-state index contributed by atoms with van der Waals surface area (Å²) in [4.78, 5) is 0. The third-order valence-electron chi connectivity index (χ3n) is 4.39. The van der Waals surface area contributed by atoms with Crippen molar-refractivity contribution in [1.29, 1.82) is 0 Å². The summed E-state index contributed by atoms with van der Waals surface area (Å²) in [5, 5.41) is 4.35. The number of fused-ring (bicyclic) bond motifs is 3. The van der Waals surface area contributed by atoms with E-state index in [-0.39, 0.29) is 17.2 Å². The van der Waals surface area contributed by atoms with Crippen molar-refractivity contribution in [3.63, 3.8) is 0 Å². The second-order valence-electron chi connectivity index (χ2n) is 6.69. The molecular formula is C21H16ClF3NO5P. The predicted molar refractivity (Wildman–Crippen MR) is 116 cm³/mol. The molecule has 0 saturated heterocycles. The molecule has 0 bridgehead atoms. The summed E-state index contributed by atoms with van der Waals surface area (Å²) >= 11 is 5.82. The van der Waals surface area contributed by atoms with Gasteiger partial charge in [-0.15, -0.1) is 0 Å². The van der Waals surface area contributed by atoms with Crippen molar-refractivity contribution < 1.29 is 35.9 Å². The van der Waals surface area contributed by atoms with Gasteiger partial charge in [0.05, 0.1) is 12.8 Å². The van der Waals surface area contributed by atoms with Crippen molar-refractivity contribution in [3.05, 3.63) is 65.7 Å². The number of ether oxygens (including phenoxy) is 1. The number of anilines is 1. The fourth-order valence-corrected chi connectivity index (χ4v) is 4.50. The van der Waals surface area contributed by atoms with Gasteiger partial charge < -0.3 is 13.7 Å². The lowest BCUT2D eigenvalue weighted by Gasteiger charge is -2.22. The molecule has 1 unspecified atom stereocenters. The molecule has 4 aromatic rings. The van der Waals surface area contributed by atoms with E-state index in [0.29, 0.717) is 21.6 Å². The standard InChI is InChI=1S/C21H16ClF3NO5P/c1-28-20-10-16-15-4-2-3-5-18(15)30-19(16)11-17(20)26-32(27,29-12-21(23,24)25)31-14-8-6-13(22)7-9-14/h2-11H,12H2,1H3,(H,26,27). The summed E-state index contributed by atoms with van der Waals surface area (Å²) in [5.41, 5.74) is 1.08. The topological polar surface area (TPSA) is 69.9 Å². The van der Waals surface area contributed by atoms with Gasteiger partial charge >= 0.3 is 13.9 Å². The number of nitrogens with one attached hydrogen (secondary N) is 1. The molecule has 0 aliphatic rings. The lowest BCUT2D eigenvalue weighted by atomic mass is 10.1. The van der Waals surface area contributed by atoms with Crippen LogP contribution in [0.15, 0.2) is 65.1 Å². The first-order valence-corrected chi connectivity index (χ1v) is 11.1. The van der Waals surface area contributed by atoms with Gasteiger partial charge in [-0.25, -0.2) is 4.57 Å². The van der Waals surface area contributed by atoms with Crippen molar-refractivity contribution in [3.8, 4) is 11.5 Å². The Bertz CT molecular complexity index is 1310. The van der Waals surface area contributed by atoms with E-state index in [2.05, 4.69) is 9.61 Å². The van der Waals surface area contributed by atoms with Gasteiger partial charge in [0, 0.05) is 21.9 Å².